The molecule has 1 aliphatic rings. The fourth-order valence-corrected chi connectivity index (χ4v) is 5.90. The summed E-state index contributed by atoms with van der Waals surface area (Å²) in [5.74, 6) is -0.588. The number of thioether (sulfide) groups is 1. The first-order chi connectivity index (χ1) is 20.1. The van der Waals surface area contributed by atoms with Crippen molar-refractivity contribution in [2.45, 2.75) is 20.5 Å². The molecule has 10 heteroatoms. The van der Waals surface area contributed by atoms with Gasteiger partial charge in [0.2, 0.25) is 0 Å². The van der Waals surface area contributed by atoms with Crippen LogP contribution < -0.4 is 9.64 Å². The average Bonchev–Trinajstić information content (AvgIpc) is 3.25. The zero-order valence-electron chi connectivity index (χ0n) is 22.4. The van der Waals surface area contributed by atoms with E-state index in [9.17, 15) is 9.59 Å². The third kappa shape index (κ3) is 6.73. The molecule has 4 aromatic carbocycles. The zero-order valence-corrected chi connectivity index (χ0v) is 26.3. The molecule has 42 heavy (non-hydrogen) atoms. The Morgan fingerprint density at radius 3 is 2.31 bits per heavy atom. The summed E-state index contributed by atoms with van der Waals surface area (Å²) >= 11 is 17.6. The Bertz CT molecular complexity index is 1770. The van der Waals surface area contributed by atoms with E-state index < -0.39 is 5.97 Å². The molecule has 6 nitrogen and oxygen atoms in total. The average molecular weight is 682 g/mol. The molecule has 1 aliphatic heterocycles. The molecule has 1 N–H and O–H groups in total. The maximum Gasteiger partial charge on any atom is 0.335 e. The molecular formula is C32H23BrCl2N2O4S. The van der Waals surface area contributed by atoms with Gasteiger partial charge < -0.3 is 9.84 Å². The number of carboxylic acids is 1. The van der Waals surface area contributed by atoms with E-state index in [1.165, 1.54) is 11.8 Å². The van der Waals surface area contributed by atoms with Crippen molar-refractivity contribution < 1.29 is 19.4 Å². The lowest BCUT2D eigenvalue weighted by Crippen LogP contribution is -2.28. The molecule has 1 saturated heterocycles. The number of amidine groups is 1. The number of hydrogen-bond acceptors (Lipinski definition) is 5. The minimum atomic E-state index is -0.974. The number of halogens is 3. The highest BCUT2D eigenvalue weighted by Gasteiger charge is 2.35. The number of ether oxygens (including phenoxy) is 1. The van der Waals surface area contributed by atoms with Gasteiger partial charge in [-0.25, -0.2) is 9.79 Å². The Hall–Kier alpha value is -3.56. The summed E-state index contributed by atoms with van der Waals surface area (Å²) in [4.78, 5) is 31.6. The summed E-state index contributed by atoms with van der Waals surface area (Å²) in [5, 5.41) is 10.7. The van der Waals surface area contributed by atoms with Crippen LogP contribution >= 0.6 is 50.9 Å². The summed E-state index contributed by atoms with van der Waals surface area (Å²) in [6.45, 7) is 4.09. The number of benzene rings is 4. The van der Waals surface area contributed by atoms with Crippen LogP contribution in [-0.4, -0.2) is 22.2 Å². The molecule has 0 radical (unpaired) electrons. The van der Waals surface area contributed by atoms with Gasteiger partial charge >= 0.3 is 5.97 Å². The van der Waals surface area contributed by atoms with Crippen molar-refractivity contribution in [2.75, 3.05) is 4.90 Å². The highest BCUT2D eigenvalue weighted by atomic mass is 79.9. The first kappa shape index (κ1) is 29.9. The number of hydrogen-bond donors (Lipinski definition) is 1. The Morgan fingerprint density at radius 2 is 1.67 bits per heavy atom. The van der Waals surface area contributed by atoms with Gasteiger partial charge in [-0.2, -0.15) is 0 Å². The van der Waals surface area contributed by atoms with Gasteiger partial charge in [-0.3, -0.25) is 9.69 Å². The molecule has 4 aromatic rings. The van der Waals surface area contributed by atoms with Gasteiger partial charge in [0, 0.05) is 10.0 Å². The molecule has 1 heterocycles. The van der Waals surface area contributed by atoms with Gasteiger partial charge in [0.1, 0.15) is 12.4 Å². The van der Waals surface area contributed by atoms with Crippen LogP contribution in [0.1, 0.15) is 32.6 Å². The third-order valence-electron chi connectivity index (χ3n) is 6.45. The molecule has 0 aliphatic carbocycles. The van der Waals surface area contributed by atoms with Crippen LogP contribution in [0.3, 0.4) is 0 Å². The van der Waals surface area contributed by atoms with Crippen molar-refractivity contribution in [3.8, 4) is 5.75 Å². The summed E-state index contributed by atoms with van der Waals surface area (Å²) in [6, 6.07) is 23.0. The van der Waals surface area contributed by atoms with Crippen LogP contribution in [0.2, 0.25) is 10.0 Å². The van der Waals surface area contributed by atoms with Crippen LogP contribution in [0, 0.1) is 13.8 Å². The second-order valence-corrected chi connectivity index (χ2v) is 12.2. The first-order valence-corrected chi connectivity index (χ1v) is 15.0. The number of anilines is 1. The second kappa shape index (κ2) is 12.8. The Labute approximate surface area is 265 Å². The number of amides is 1. The van der Waals surface area contributed by atoms with E-state index in [1.807, 2.05) is 56.3 Å². The number of carboxylic acid groups (broad SMARTS) is 1. The van der Waals surface area contributed by atoms with E-state index in [2.05, 4.69) is 15.9 Å². The summed E-state index contributed by atoms with van der Waals surface area (Å²) in [7, 11) is 0. The van der Waals surface area contributed by atoms with Crippen molar-refractivity contribution in [1.82, 2.24) is 0 Å². The van der Waals surface area contributed by atoms with E-state index in [-0.39, 0.29) is 18.1 Å². The maximum atomic E-state index is 13.7. The predicted molar refractivity (Wildman–Crippen MR) is 174 cm³/mol. The molecule has 0 saturated carbocycles. The van der Waals surface area contributed by atoms with Crippen LogP contribution in [-0.2, 0) is 11.4 Å². The molecular weight excluding hydrogens is 659 g/mol. The predicted octanol–water partition coefficient (Wildman–Crippen LogP) is 9.46. The summed E-state index contributed by atoms with van der Waals surface area (Å²) in [6.07, 6.45) is 1.81. The van der Waals surface area contributed by atoms with Gasteiger partial charge in [-0.1, -0.05) is 53.5 Å². The number of aryl methyl sites for hydroxylation is 2. The van der Waals surface area contributed by atoms with Gasteiger partial charge in [0.15, 0.2) is 5.17 Å². The number of aromatic carboxylic acids is 1. The molecule has 0 unspecified atom stereocenters. The van der Waals surface area contributed by atoms with E-state index >= 15 is 0 Å². The minimum absolute atomic E-state index is 0.219. The second-order valence-electron chi connectivity index (χ2n) is 9.49. The van der Waals surface area contributed by atoms with Crippen LogP contribution in [0.15, 0.2) is 93.2 Å². The van der Waals surface area contributed by atoms with Crippen molar-refractivity contribution >= 4 is 85.4 Å². The Balaban J connectivity index is 1.41. The largest absolute Gasteiger partial charge is 0.488 e. The topological polar surface area (TPSA) is 79.2 Å². The molecule has 5 rings (SSSR count). The number of aliphatic imine (C=N–C) groups is 1. The summed E-state index contributed by atoms with van der Waals surface area (Å²) < 4.78 is 6.64. The lowest BCUT2D eigenvalue weighted by molar-refractivity contribution is -0.113. The fraction of sp³-hybridized carbons (Fsp3) is 0.0938. The Kier molecular flexibility index (Phi) is 9.08. The number of nitrogens with zero attached hydrogens (tertiary/aromatic N) is 2. The minimum Gasteiger partial charge on any atom is -0.488 e. The lowest BCUT2D eigenvalue weighted by Gasteiger charge is -2.16. The highest BCUT2D eigenvalue weighted by Crippen LogP contribution is 2.39. The monoisotopic (exact) mass is 680 g/mol. The zero-order chi connectivity index (χ0) is 30.0. The van der Waals surface area contributed by atoms with Crippen LogP contribution in [0.5, 0.6) is 5.75 Å². The van der Waals surface area contributed by atoms with Gasteiger partial charge in [-0.15, -0.1) is 0 Å². The van der Waals surface area contributed by atoms with Crippen molar-refractivity contribution in [3.63, 3.8) is 0 Å². The molecule has 1 amide bonds. The van der Waals surface area contributed by atoms with Crippen molar-refractivity contribution in [3.05, 3.63) is 126 Å². The van der Waals surface area contributed by atoms with Gasteiger partial charge in [0.25, 0.3) is 5.91 Å². The van der Waals surface area contributed by atoms with E-state index in [0.29, 0.717) is 41.7 Å². The number of carbonyl (C=O) groups excluding carboxylic acids is 1. The van der Waals surface area contributed by atoms with E-state index in [0.717, 1.165) is 22.3 Å². The normalized spacial score (nSPS) is 15.1. The van der Waals surface area contributed by atoms with E-state index in [4.69, 9.17) is 38.0 Å². The molecule has 0 atom stereocenters. The van der Waals surface area contributed by atoms with Crippen LogP contribution in [0.25, 0.3) is 6.08 Å². The standard InChI is InChI=1S/C32H23BrCl2N2O4S/c1-18-3-10-23(15-26(18)34)36-32-37(24-11-4-19(2)27(35)16-24)30(38)29(42-32)14-21-7-12-28(25(33)13-21)41-17-20-5-8-22(9-6-20)31(39)40/h3-16H,17H2,1-2H3,(H,39,40)/b29-14+,36-32?. The van der Waals surface area contributed by atoms with Crippen molar-refractivity contribution in [2.24, 2.45) is 4.99 Å². The van der Waals surface area contributed by atoms with Gasteiger partial charge in [-0.05, 0) is 118 Å². The van der Waals surface area contributed by atoms with E-state index in [1.54, 1.807) is 47.4 Å². The molecule has 212 valence electrons. The van der Waals surface area contributed by atoms with Gasteiger partial charge in [0.05, 0.1) is 26.3 Å². The lowest BCUT2D eigenvalue weighted by atomic mass is 10.1. The third-order valence-corrected chi connectivity index (χ3v) is 8.85. The number of rotatable bonds is 7. The highest BCUT2D eigenvalue weighted by molar-refractivity contribution is 9.10. The Morgan fingerprint density at radius 1 is 0.976 bits per heavy atom. The molecule has 0 spiro atoms. The number of carbonyl (C=O) groups is 2. The molecule has 0 aromatic heterocycles. The quantitative estimate of drug-likeness (QED) is 0.197. The van der Waals surface area contributed by atoms with Crippen molar-refractivity contribution in [1.29, 1.82) is 0 Å². The molecule has 1 fully saturated rings. The van der Waals surface area contributed by atoms with Crippen LogP contribution in [0.4, 0.5) is 11.4 Å². The molecule has 0 bridgehead atoms. The fourth-order valence-electron chi connectivity index (χ4n) is 4.04. The first-order valence-electron chi connectivity index (χ1n) is 12.7. The summed E-state index contributed by atoms with van der Waals surface area (Å²) in [5.41, 5.74) is 4.94. The smallest absolute Gasteiger partial charge is 0.335 e. The SMILES string of the molecule is Cc1ccc(N=C2S/C(=C/c3ccc(OCc4ccc(C(=O)O)cc4)c(Br)c3)C(=O)N2c2ccc(C)c(Cl)c2)cc1Cl. The maximum absolute atomic E-state index is 13.7.